The van der Waals surface area contributed by atoms with Gasteiger partial charge in [0.05, 0.1) is 5.69 Å². The van der Waals surface area contributed by atoms with Crippen molar-refractivity contribution in [1.29, 1.82) is 0 Å². The molecule has 0 atom stereocenters. The van der Waals surface area contributed by atoms with Gasteiger partial charge in [-0.3, -0.25) is 0 Å². The number of aryl methyl sites for hydroxylation is 3. The average molecular weight is 307 g/mol. The molecule has 0 aliphatic rings. The predicted molar refractivity (Wildman–Crippen MR) is 89.2 cm³/mol. The van der Waals surface area contributed by atoms with Crippen molar-refractivity contribution in [2.45, 2.75) is 46.5 Å². The second-order valence-electron chi connectivity index (χ2n) is 4.98. The fourth-order valence-electron chi connectivity index (χ4n) is 2.19. The molecule has 0 bridgehead atoms. The van der Waals surface area contributed by atoms with Gasteiger partial charge in [-0.15, -0.1) is 11.3 Å². The van der Waals surface area contributed by atoms with E-state index in [0.29, 0.717) is 6.61 Å². The summed E-state index contributed by atoms with van der Waals surface area (Å²) in [7, 11) is 0. The Morgan fingerprint density at radius 2 is 2.00 bits per heavy atom. The summed E-state index contributed by atoms with van der Waals surface area (Å²) in [4.78, 5) is 5.89. The first-order valence-electron chi connectivity index (χ1n) is 6.84. The van der Waals surface area contributed by atoms with Crippen LogP contribution in [0.3, 0.4) is 0 Å². The maximum atomic E-state index is 5.96. The second kappa shape index (κ2) is 6.64. The summed E-state index contributed by atoms with van der Waals surface area (Å²) in [5.41, 5.74) is 4.86. The quantitative estimate of drug-likeness (QED) is 0.813. The van der Waals surface area contributed by atoms with E-state index >= 15 is 0 Å². The fraction of sp³-hybridized carbons (Fsp3) is 0.438. The number of ether oxygens (including phenoxy) is 1. The van der Waals surface area contributed by atoms with Crippen LogP contribution in [0.15, 0.2) is 12.1 Å². The highest BCUT2D eigenvalue weighted by molar-refractivity contribution is 7.79. The van der Waals surface area contributed by atoms with E-state index in [2.05, 4.69) is 57.4 Å². The maximum absolute atomic E-state index is 5.96. The molecule has 0 amide bonds. The van der Waals surface area contributed by atoms with Gasteiger partial charge >= 0.3 is 0 Å². The van der Waals surface area contributed by atoms with Gasteiger partial charge in [0.2, 0.25) is 0 Å². The van der Waals surface area contributed by atoms with Crippen LogP contribution in [0.4, 0.5) is 0 Å². The number of thiol groups is 1. The maximum Gasteiger partial charge on any atom is 0.140 e. The van der Waals surface area contributed by atoms with Crippen LogP contribution in [0, 0.1) is 20.8 Å². The third kappa shape index (κ3) is 3.36. The van der Waals surface area contributed by atoms with Crippen LogP contribution in [0.1, 0.15) is 39.2 Å². The normalized spacial score (nSPS) is 10.8. The van der Waals surface area contributed by atoms with Gasteiger partial charge in [-0.25, -0.2) is 4.98 Å². The van der Waals surface area contributed by atoms with Gasteiger partial charge in [-0.1, -0.05) is 13.0 Å². The third-order valence-corrected chi connectivity index (χ3v) is 5.02. The number of thiazole rings is 1. The largest absolute Gasteiger partial charge is 0.486 e. The van der Waals surface area contributed by atoms with E-state index in [1.54, 1.807) is 11.3 Å². The number of hydrogen-bond donors (Lipinski definition) is 1. The Balaban J connectivity index is 2.14. The van der Waals surface area contributed by atoms with E-state index in [0.717, 1.165) is 28.6 Å². The van der Waals surface area contributed by atoms with Gasteiger partial charge in [0.15, 0.2) is 0 Å². The molecule has 0 saturated carbocycles. The first-order valence-corrected chi connectivity index (χ1v) is 8.29. The zero-order valence-electron chi connectivity index (χ0n) is 12.5. The summed E-state index contributed by atoms with van der Waals surface area (Å²) in [5.74, 6) is 1.71. The molecule has 0 N–H and O–H groups in total. The van der Waals surface area contributed by atoms with Crippen LogP contribution in [0.2, 0.25) is 0 Å². The Morgan fingerprint density at radius 3 is 2.60 bits per heavy atom. The zero-order valence-corrected chi connectivity index (χ0v) is 14.2. The minimum absolute atomic E-state index is 0.537. The number of rotatable bonds is 5. The molecule has 2 aromatic rings. The summed E-state index contributed by atoms with van der Waals surface area (Å²) >= 11 is 6.06. The van der Waals surface area contributed by atoms with Crippen molar-refractivity contribution in [3.8, 4) is 5.75 Å². The predicted octanol–water partition coefficient (Wildman–Crippen LogP) is 4.64. The highest BCUT2D eigenvalue weighted by Crippen LogP contribution is 2.26. The molecule has 1 heterocycles. The number of hydrogen-bond acceptors (Lipinski definition) is 4. The molecule has 0 aliphatic carbocycles. The summed E-state index contributed by atoms with van der Waals surface area (Å²) < 4.78 is 5.96. The second-order valence-corrected chi connectivity index (χ2v) is 6.47. The Morgan fingerprint density at radius 1 is 1.25 bits per heavy atom. The minimum Gasteiger partial charge on any atom is -0.486 e. The highest BCUT2D eigenvalue weighted by Gasteiger charge is 2.10. The molecule has 0 radical (unpaired) electrons. The van der Waals surface area contributed by atoms with Gasteiger partial charge < -0.3 is 4.74 Å². The van der Waals surface area contributed by atoms with E-state index in [1.807, 2.05) is 0 Å². The highest BCUT2D eigenvalue weighted by atomic mass is 32.1. The monoisotopic (exact) mass is 307 g/mol. The van der Waals surface area contributed by atoms with Crippen LogP contribution in [0.5, 0.6) is 5.75 Å². The molecule has 1 aromatic heterocycles. The zero-order chi connectivity index (χ0) is 14.7. The van der Waals surface area contributed by atoms with Crippen molar-refractivity contribution in [3.63, 3.8) is 0 Å². The number of nitrogens with zero attached hydrogens (tertiary/aromatic N) is 1. The lowest BCUT2D eigenvalue weighted by molar-refractivity contribution is 0.303. The van der Waals surface area contributed by atoms with Crippen molar-refractivity contribution in [2.75, 3.05) is 0 Å². The van der Waals surface area contributed by atoms with Crippen molar-refractivity contribution in [1.82, 2.24) is 4.98 Å². The molecule has 1 aromatic carbocycles. The lowest BCUT2D eigenvalue weighted by Gasteiger charge is -2.11. The Hall–Kier alpha value is -1.00. The van der Waals surface area contributed by atoms with Crippen LogP contribution in [0.25, 0.3) is 0 Å². The van der Waals surface area contributed by atoms with Crippen molar-refractivity contribution in [3.05, 3.63) is 44.4 Å². The topological polar surface area (TPSA) is 22.1 Å². The smallest absolute Gasteiger partial charge is 0.140 e. The van der Waals surface area contributed by atoms with E-state index in [-0.39, 0.29) is 0 Å². The summed E-state index contributed by atoms with van der Waals surface area (Å²) in [6, 6.07) is 4.27. The molecule has 20 heavy (non-hydrogen) atoms. The van der Waals surface area contributed by atoms with Crippen LogP contribution in [-0.4, -0.2) is 4.98 Å². The molecule has 108 valence electrons. The molecular weight excluding hydrogens is 286 g/mol. The van der Waals surface area contributed by atoms with E-state index in [1.165, 1.54) is 21.6 Å². The first-order chi connectivity index (χ1) is 9.55. The van der Waals surface area contributed by atoms with Crippen molar-refractivity contribution < 1.29 is 4.74 Å². The molecule has 2 rings (SSSR count). The third-order valence-electron chi connectivity index (χ3n) is 3.42. The molecule has 0 saturated heterocycles. The number of aromatic nitrogens is 1. The van der Waals surface area contributed by atoms with Crippen molar-refractivity contribution in [2.24, 2.45) is 0 Å². The molecular formula is C16H21NOS2. The fourth-order valence-corrected chi connectivity index (χ4v) is 3.50. The molecule has 4 heteroatoms. The Labute approximate surface area is 130 Å². The SMILES string of the molecule is CCc1nc(COc2cc(C)cc(C)c2C)sc1CS. The molecule has 0 unspecified atom stereocenters. The molecule has 0 aliphatic heterocycles. The molecule has 0 spiro atoms. The summed E-state index contributed by atoms with van der Waals surface area (Å²) in [5, 5.41) is 1.03. The van der Waals surface area contributed by atoms with E-state index in [9.17, 15) is 0 Å². The van der Waals surface area contributed by atoms with E-state index < -0.39 is 0 Å². The van der Waals surface area contributed by atoms with Crippen LogP contribution >= 0.6 is 24.0 Å². The average Bonchev–Trinajstić information content (AvgIpc) is 2.83. The lowest BCUT2D eigenvalue weighted by Crippen LogP contribution is -1.98. The van der Waals surface area contributed by atoms with Crippen LogP contribution < -0.4 is 4.74 Å². The minimum atomic E-state index is 0.537. The Bertz CT molecular complexity index is 583. The van der Waals surface area contributed by atoms with Gasteiger partial charge in [0.1, 0.15) is 17.4 Å². The Kier molecular flexibility index (Phi) is 5.11. The summed E-state index contributed by atoms with van der Waals surface area (Å²) in [6.45, 7) is 8.97. The molecule has 0 fully saturated rings. The summed E-state index contributed by atoms with van der Waals surface area (Å²) in [6.07, 6.45) is 0.953. The van der Waals surface area contributed by atoms with Gasteiger partial charge in [0.25, 0.3) is 0 Å². The lowest BCUT2D eigenvalue weighted by atomic mass is 10.1. The van der Waals surface area contributed by atoms with E-state index in [4.69, 9.17) is 4.74 Å². The van der Waals surface area contributed by atoms with Crippen LogP contribution in [-0.2, 0) is 18.8 Å². The number of benzene rings is 1. The first kappa shape index (κ1) is 15.4. The van der Waals surface area contributed by atoms with Gasteiger partial charge in [0, 0.05) is 10.6 Å². The standard InChI is InChI=1S/C16H21NOS2/c1-5-13-15(9-19)20-16(17-13)8-18-14-7-10(2)6-11(3)12(14)4/h6-7,19H,5,8-9H2,1-4H3. The molecule has 2 nitrogen and oxygen atoms in total. The van der Waals surface area contributed by atoms with Crippen molar-refractivity contribution >= 4 is 24.0 Å². The van der Waals surface area contributed by atoms with Gasteiger partial charge in [-0.2, -0.15) is 12.6 Å². The van der Waals surface area contributed by atoms with Gasteiger partial charge in [-0.05, 0) is 49.9 Å².